The first-order valence-electron chi connectivity index (χ1n) is 2.53. The van der Waals surface area contributed by atoms with E-state index in [0.717, 1.165) is 12.8 Å². The highest BCUT2D eigenvalue weighted by atomic mass is 31.0. The second kappa shape index (κ2) is 4.26. The molecule has 0 fully saturated rings. The molecule has 1 nitrogen and oxygen atoms in total. The van der Waals surface area contributed by atoms with E-state index >= 15 is 0 Å². The molecule has 0 bridgehead atoms. The second-order valence-corrected chi connectivity index (χ2v) is 1.90. The third-order valence-electron chi connectivity index (χ3n) is 0.757. The van der Waals surface area contributed by atoms with Gasteiger partial charge in [0, 0.05) is 12.6 Å². The summed E-state index contributed by atoms with van der Waals surface area (Å²) in [6, 6.07) is 0. The zero-order chi connectivity index (χ0) is 5.70. The molecule has 0 saturated heterocycles. The van der Waals surface area contributed by atoms with Gasteiger partial charge in [-0.05, 0) is 6.42 Å². The van der Waals surface area contributed by atoms with Crippen LogP contribution in [0.5, 0.6) is 0 Å². The fourth-order valence-electron chi connectivity index (χ4n) is 0.381. The van der Waals surface area contributed by atoms with Crippen LogP contribution in [0.3, 0.4) is 0 Å². The molecule has 1 unspecified atom stereocenters. The average molecular weight is 118 g/mol. The number of rotatable bonds is 3. The third kappa shape index (κ3) is 3.94. The zero-order valence-electron chi connectivity index (χ0n) is 4.61. The molecule has 0 amide bonds. The van der Waals surface area contributed by atoms with Crippen LogP contribution >= 0.6 is 9.24 Å². The van der Waals surface area contributed by atoms with E-state index in [0.29, 0.717) is 11.9 Å². The van der Waals surface area contributed by atoms with Gasteiger partial charge in [-0.3, -0.25) is 4.79 Å². The van der Waals surface area contributed by atoms with Crippen LogP contribution in [-0.2, 0) is 4.79 Å². The van der Waals surface area contributed by atoms with Gasteiger partial charge >= 0.3 is 0 Å². The van der Waals surface area contributed by atoms with E-state index in [4.69, 9.17) is 0 Å². The molecule has 0 aromatic rings. The quantitative estimate of drug-likeness (QED) is 0.509. The van der Waals surface area contributed by atoms with E-state index < -0.39 is 0 Å². The number of Topliss-reactive ketones (excluding diaryl/α,β-unsaturated/α-hetero) is 1. The number of ketones is 1. The van der Waals surface area contributed by atoms with Gasteiger partial charge in [-0.2, -0.15) is 0 Å². The van der Waals surface area contributed by atoms with Crippen LogP contribution in [0.25, 0.3) is 0 Å². The Balaban J connectivity index is 3.00. The Bertz CT molecular complexity index is 61.1. The Kier molecular flexibility index (Phi) is 4.32. The average Bonchev–Trinajstić information content (AvgIpc) is 1.68. The van der Waals surface area contributed by atoms with E-state index in [1.54, 1.807) is 0 Å². The molecule has 1 atom stereocenters. The molecule has 0 aliphatic carbocycles. The Hall–Kier alpha value is 0.100. The summed E-state index contributed by atoms with van der Waals surface area (Å²) in [7, 11) is 2.42. The maximum Gasteiger partial charge on any atom is 0.136 e. The fraction of sp³-hybridized carbons (Fsp3) is 0.800. The van der Waals surface area contributed by atoms with Gasteiger partial charge in [0.1, 0.15) is 5.78 Å². The van der Waals surface area contributed by atoms with Crippen LogP contribution in [0, 0.1) is 0 Å². The van der Waals surface area contributed by atoms with Crippen molar-refractivity contribution < 1.29 is 4.79 Å². The van der Waals surface area contributed by atoms with E-state index in [2.05, 4.69) is 9.24 Å². The molecular weight excluding hydrogens is 107 g/mol. The van der Waals surface area contributed by atoms with Crippen LogP contribution in [0.15, 0.2) is 0 Å². The van der Waals surface area contributed by atoms with Crippen molar-refractivity contribution in [2.45, 2.75) is 19.8 Å². The normalized spacial score (nSPS) is 8.86. The number of hydrogen-bond acceptors (Lipinski definition) is 1. The summed E-state index contributed by atoms with van der Waals surface area (Å²) in [5.41, 5.74) is 0. The van der Waals surface area contributed by atoms with Gasteiger partial charge in [0.2, 0.25) is 0 Å². The molecule has 0 aromatic heterocycles. The minimum absolute atomic E-state index is 0.340. The second-order valence-electron chi connectivity index (χ2n) is 1.49. The maximum atomic E-state index is 10.4. The van der Waals surface area contributed by atoms with Crippen LogP contribution in [0.4, 0.5) is 0 Å². The molecule has 0 saturated carbocycles. The van der Waals surface area contributed by atoms with Crippen molar-refractivity contribution in [3.63, 3.8) is 0 Å². The lowest BCUT2D eigenvalue weighted by Crippen LogP contribution is -1.95. The van der Waals surface area contributed by atoms with Gasteiger partial charge in [0.15, 0.2) is 0 Å². The molecule has 0 heterocycles. The van der Waals surface area contributed by atoms with Crippen LogP contribution in [0.1, 0.15) is 19.8 Å². The lowest BCUT2D eigenvalue weighted by atomic mass is 10.3. The monoisotopic (exact) mass is 118 g/mol. The summed E-state index contributed by atoms with van der Waals surface area (Å²) in [6.45, 7) is 2.01. The molecule has 42 valence electrons. The van der Waals surface area contributed by atoms with Crippen LogP contribution < -0.4 is 0 Å². The molecule has 2 heteroatoms. The molecule has 0 radical (unpaired) electrons. The van der Waals surface area contributed by atoms with Crippen molar-refractivity contribution in [2.75, 3.05) is 6.16 Å². The van der Waals surface area contributed by atoms with Crippen molar-refractivity contribution in [2.24, 2.45) is 0 Å². The number of carbonyl (C=O) groups excluding carboxylic acids is 1. The van der Waals surface area contributed by atoms with Crippen LogP contribution in [0.2, 0.25) is 0 Å². The largest absolute Gasteiger partial charge is 0.299 e. The van der Waals surface area contributed by atoms with Crippen molar-refractivity contribution in [1.29, 1.82) is 0 Å². The molecular formula is C5H11OP. The lowest BCUT2D eigenvalue weighted by molar-refractivity contribution is -0.116. The fourth-order valence-corrected chi connectivity index (χ4v) is 0.585. The summed E-state index contributed by atoms with van der Waals surface area (Å²) in [6.07, 6.45) is 2.34. The minimum atomic E-state index is 0.340. The first kappa shape index (κ1) is 7.10. The standard InChI is InChI=1S/C5H11OP/c1-2-3-5(6)4-7/h2-4,7H2,1H3. The molecule has 0 rings (SSSR count). The number of hydrogen-bond donors (Lipinski definition) is 0. The van der Waals surface area contributed by atoms with Gasteiger partial charge in [-0.1, -0.05) is 6.92 Å². The first-order valence-corrected chi connectivity index (χ1v) is 3.34. The zero-order valence-corrected chi connectivity index (χ0v) is 5.76. The Morgan fingerprint density at radius 3 is 2.43 bits per heavy atom. The van der Waals surface area contributed by atoms with Gasteiger partial charge < -0.3 is 0 Å². The lowest BCUT2D eigenvalue weighted by Gasteiger charge is -1.87. The number of carbonyl (C=O) groups is 1. The van der Waals surface area contributed by atoms with Gasteiger partial charge in [-0.25, -0.2) is 0 Å². The summed E-state index contributed by atoms with van der Waals surface area (Å²) in [5, 5.41) is 0. The summed E-state index contributed by atoms with van der Waals surface area (Å²) < 4.78 is 0. The van der Waals surface area contributed by atoms with Crippen molar-refractivity contribution in [3.05, 3.63) is 0 Å². The molecule has 7 heavy (non-hydrogen) atoms. The molecule has 0 aliphatic heterocycles. The first-order chi connectivity index (χ1) is 3.31. The Morgan fingerprint density at radius 2 is 2.29 bits per heavy atom. The van der Waals surface area contributed by atoms with Gasteiger partial charge in [0.25, 0.3) is 0 Å². The van der Waals surface area contributed by atoms with Crippen molar-refractivity contribution in [3.8, 4) is 0 Å². The topological polar surface area (TPSA) is 17.1 Å². The highest BCUT2D eigenvalue weighted by Crippen LogP contribution is 1.91. The van der Waals surface area contributed by atoms with E-state index in [-0.39, 0.29) is 0 Å². The van der Waals surface area contributed by atoms with E-state index in [1.165, 1.54) is 0 Å². The maximum absolute atomic E-state index is 10.4. The Labute approximate surface area is 46.7 Å². The highest BCUT2D eigenvalue weighted by molar-refractivity contribution is 7.18. The van der Waals surface area contributed by atoms with Gasteiger partial charge in [0.05, 0.1) is 0 Å². The summed E-state index contributed by atoms with van der Waals surface area (Å²) in [5.74, 6) is 0.340. The molecule has 0 spiro atoms. The molecule has 0 aliphatic rings. The predicted molar refractivity (Wildman–Crippen MR) is 34.5 cm³/mol. The van der Waals surface area contributed by atoms with Crippen molar-refractivity contribution >= 4 is 15.0 Å². The summed E-state index contributed by atoms with van der Waals surface area (Å²) >= 11 is 0. The summed E-state index contributed by atoms with van der Waals surface area (Å²) in [4.78, 5) is 10.4. The smallest absolute Gasteiger partial charge is 0.136 e. The highest BCUT2D eigenvalue weighted by Gasteiger charge is 1.91. The van der Waals surface area contributed by atoms with E-state index in [1.807, 2.05) is 6.92 Å². The minimum Gasteiger partial charge on any atom is -0.299 e. The molecule has 0 N–H and O–H groups in total. The predicted octanol–water partition coefficient (Wildman–Crippen LogP) is 1.23. The van der Waals surface area contributed by atoms with Crippen LogP contribution in [-0.4, -0.2) is 11.9 Å². The van der Waals surface area contributed by atoms with Gasteiger partial charge in [-0.15, -0.1) is 9.24 Å². The third-order valence-corrected chi connectivity index (χ3v) is 1.21. The Morgan fingerprint density at radius 1 is 1.71 bits per heavy atom. The van der Waals surface area contributed by atoms with E-state index in [9.17, 15) is 4.79 Å². The molecule has 0 aromatic carbocycles. The van der Waals surface area contributed by atoms with Crippen molar-refractivity contribution in [1.82, 2.24) is 0 Å². The SMILES string of the molecule is CCCC(=O)CP.